The van der Waals surface area contributed by atoms with Crippen LogP contribution in [0.15, 0.2) is 0 Å². The van der Waals surface area contributed by atoms with E-state index in [1.807, 2.05) is 0 Å². The first-order valence-corrected chi connectivity index (χ1v) is 4.10. The van der Waals surface area contributed by atoms with Crippen molar-refractivity contribution >= 4 is 24.3 Å². The van der Waals surface area contributed by atoms with Crippen LogP contribution in [-0.2, 0) is 19.1 Å². The van der Waals surface area contributed by atoms with Gasteiger partial charge in [0, 0.05) is 26.9 Å². The van der Waals surface area contributed by atoms with Crippen LogP contribution in [0, 0.1) is 0 Å². The third kappa shape index (κ3) is 13.8. The van der Waals surface area contributed by atoms with Crippen LogP contribution in [0.25, 0.3) is 0 Å². The molecule has 0 atom stereocenters. The van der Waals surface area contributed by atoms with Gasteiger partial charge < -0.3 is 14.8 Å². The van der Waals surface area contributed by atoms with Crippen molar-refractivity contribution in [2.24, 2.45) is 0 Å². The van der Waals surface area contributed by atoms with E-state index >= 15 is 0 Å². The molecule has 0 unspecified atom stereocenters. The zero-order chi connectivity index (χ0) is 10.1. The maximum absolute atomic E-state index is 10.3. The minimum Gasteiger partial charge on any atom is -0.465 e. The Labute approximate surface area is 89.5 Å². The molecule has 0 aromatic heterocycles. The molecular weight excluding hydrogens is 210 g/mol. The summed E-state index contributed by atoms with van der Waals surface area (Å²) in [6.45, 7) is 4.55. The number of hydrogen-bond donors (Lipinski definition) is 1. The van der Waals surface area contributed by atoms with Crippen molar-refractivity contribution in [2.75, 3.05) is 26.3 Å². The standard InChI is InChI=1S/C8H15NO4.ClH/c1-7(10)12-5-3-9-4-6-13-8(2)11;/h9H,3-6H2,1-2H3;1H. The maximum atomic E-state index is 10.3. The number of halogens is 1. The van der Waals surface area contributed by atoms with Crippen LogP contribution < -0.4 is 5.32 Å². The van der Waals surface area contributed by atoms with Gasteiger partial charge in [-0.3, -0.25) is 9.59 Å². The lowest BCUT2D eigenvalue weighted by Gasteiger charge is -2.04. The molecule has 14 heavy (non-hydrogen) atoms. The normalized spacial score (nSPS) is 8.71. The van der Waals surface area contributed by atoms with E-state index in [0.29, 0.717) is 26.3 Å². The second kappa shape index (κ2) is 10.3. The van der Waals surface area contributed by atoms with Crippen LogP contribution in [0.2, 0.25) is 0 Å². The molecule has 0 aromatic carbocycles. The lowest BCUT2D eigenvalue weighted by molar-refractivity contribution is -0.141. The van der Waals surface area contributed by atoms with Gasteiger partial charge in [-0.15, -0.1) is 12.4 Å². The summed E-state index contributed by atoms with van der Waals surface area (Å²) < 4.78 is 9.32. The molecule has 0 saturated carbocycles. The summed E-state index contributed by atoms with van der Waals surface area (Å²) in [5, 5.41) is 2.94. The van der Waals surface area contributed by atoms with Crippen LogP contribution in [0.3, 0.4) is 0 Å². The fourth-order valence-corrected chi connectivity index (χ4v) is 0.659. The maximum Gasteiger partial charge on any atom is 0.302 e. The Hall–Kier alpha value is -0.810. The molecule has 0 spiro atoms. The van der Waals surface area contributed by atoms with Crippen LogP contribution in [0.1, 0.15) is 13.8 Å². The fourth-order valence-electron chi connectivity index (χ4n) is 0.659. The Kier molecular flexibility index (Phi) is 11.5. The summed E-state index contributed by atoms with van der Waals surface area (Å²) in [6, 6.07) is 0. The number of esters is 2. The van der Waals surface area contributed by atoms with Crippen LogP contribution >= 0.6 is 12.4 Å². The van der Waals surface area contributed by atoms with Gasteiger partial charge in [0.1, 0.15) is 13.2 Å². The van der Waals surface area contributed by atoms with E-state index in [1.165, 1.54) is 13.8 Å². The molecule has 0 bridgehead atoms. The van der Waals surface area contributed by atoms with Gasteiger partial charge >= 0.3 is 11.9 Å². The van der Waals surface area contributed by atoms with Crippen molar-refractivity contribution in [2.45, 2.75) is 13.8 Å². The predicted molar refractivity (Wildman–Crippen MR) is 53.4 cm³/mol. The molecule has 0 aromatic rings. The second-order valence-electron chi connectivity index (χ2n) is 2.43. The van der Waals surface area contributed by atoms with Gasteiger partial charge in [0.2, 0.25) is 0 Å². The molecule has 84 valence electrons. The number of hydrogen-bond acceptors (Lipinski definition) is 5. The minimum absolute atomic E-state index is 0. The van der Waals surface area contributed by atoms with Gasteiger partial charge in [-0.2, -0.15) is 0 Å². The molecule has 0 aliphatic heterocycles. The van der Waals surface area contributed by atoms with E-state index in [1.54, 1.807) is 0 Å². The van der Waals surface area contributed by atoms with Crippen molar-refractivity contribution in [3.05, 3.63) is 0 Å². The number of nitrogens with one attached hydrogen (secondary N) is 1. The molecular formula is C8H16ClNO4. The van der Waals surface area contributed by atoms with Crippen molar-refractivity contribution in [3.63, 3.8) is 0 Å². The molecule has 6 heteroatoms. The first-order valence-electron chi connectivity index (χ1n) is 4.10. The zero-order valence-corrected chi connectivity index (χ0v) is 9.19. The number of carbonyl (C=O) groups excluding carboxylic acids is 2. The van der Waals surface area contributed by atoms with Crippen LogP contribution in [0.5, 0.6) is 0 Å². The Morgan fingerprint density at radius 3 is 1.64 bits per heavy atom. The predicted octanol–water partition coefficient (Wildman–Crippen LogP) is 0.124. The highest BCUT2D eigenvalue weighted by molar-refractivity contribution is 5.85. The summed E-state index contributed by atoms with van der Waals surface area (Å²) in [5.41, 5.74) is 0. The average molecular weight is 226 g/mol. The smallest absolute Gasteiger partial charge is 0.302 e. The molecule has 0 heterocycles. The molecule has 5 nitrogen and oxygen atoms in total. The van der Waals surface area contributed by atoms with E-state index in [2.05, 4.69) is 14.8 Å². The first-order chi connectivity index (χ1) is 6.13. The lowest BCUT2D eigenvalue weighted by Crippen LogP contribution is -2.25. The average Bonchev–Trinajstić information content (AvgIpc) is 2.01. The van der Waals surface area contributed by atoms with Crippen LogP contribution in [0.4, 0.5) is 0 Å². The van der Waals surface area contributed by atoms with Gasteiger partial charge in [-0.05, 0) is 0 Å². The molecule has 0 aliphatic rings. The van der Waals surface area contributed by atoms with Crippen molar-refractivity contribution in [1.82, 2.24) is 5.32 Å². The van der Waals surface area contributed by atoms with Crippen LogP contribution in [-0.4, -0.2) is 38.2 Å². The zero-order valence-electron chi connectivity index (χ0n) is 8.37. The van der Waals surface area contributed by atoms with E-state index < -0.39 is 0 Å². The van der Waals surface area contributed by atoms with Gasteiger partial charge in [0.25, 0.3) is 0 Å². The number of ether oxygens (including phenoxy) is 2. The largest absolute Gasteiger partial charge is 0.465 e. The Morgan fingerprint density at radius 1 is 1.00 bits per heavy atom. The summed E-state index contributed by atoms with van der Waals surface area (Å²) in [7, 11) is 0. The monoisotopic (exact) mass is 225 g/mol. The Bertz CT molecular complexity index is 157. The van der Waals surface area contributed by atoms with E-state index in [0.717, 1.165) is 0 Å². The first kappa shape index (κ1) is 15.7. The van der Waals surface area contributed by atoms with E-state index in [-0.39, 0.29) is 24.3 Å². The highest BCUT2D eigenvalue weighted by Crippen LogP contribution is 1.76. The third-order valence-electron chi connectivity index (χ3n) is 1.17. The van der Waals surface area contributed by atoms with Crippen molar-refractivity contribution < 1.29 is 19.1 Å². The quantitative estimate of drug-likeness (QED) is 0.514. The Balaban J connectivity index is 0. The summed E-state index contributed by atoms with van der Waals surface area (Å²) >= 11 is 0. The lowest BCUT2D eigenvalue weighted by atomic mass is 10.6. The molecule has 0 saturated heterocycles. The second-order valence-corrected chi connectivity index (χ2v) is 2.43. The number of rotatable bonds is 6. The molecule has 0 rings (SSSR count). The molecule has 0 radical (unpaired) electrons. The van der Waals surface area contributed by atoms with Gasteiger partial charge in [0.05, 0.1) is 0 Å². The highest BCUT2D eigenvalue weighted by Gasteiger charge is 1.93. The fraction of sp³-hybridized carbons (Fsp3) is 0.750. The summed E-state index contributed by atoms with van der Waals surface area (Å²) in [5.74, 6) is -0.580. The van der Waals surface area contributed by atoms with E-state index in [4.69, 9.17) is 0 Å². The Morgan fingerprint density at radius 2 is 1.36 bits per heavy atom. The van der Waals surface area contributed by atoms with Gasteiger partial charge in [-0.1, -0.05) is 0 Å². The summed E-state index contributed by atoms with van der Waals surface area (Å²) in [6.07, 6.45) is 0. The third-order valence-corrected chi connectivity index (χ3v) is 1.17. The SMILES string of the molecule is CC(=O)OCCNCCOC(C)=O.Cl. The number of carbonyl (C=O) groups is 2. The molecule has 0 amide bonds. The molecule has 1 N–H and O–H groups in total. The van der Waals surface area contributed by atoms with Crippen molar-refractivity contribution in [1.29, 1.82) is 0 Å². The molecule has 0 aliphatic carbocycles. The van der Waals surface area contributed by atoms with E-state index in [9.17, 15) is 9.59 Å². The minimum atomic E-state index is -0.290. The highest BCUT2D eigenvalue weighted by atomic mass is 35.5. The molecule has 0 fully saturated rings. The van der Waals surface area contributed by atoms with Gasteiger partial charge in [0.15, 0.2) is 0 Å². The summed E-state index contributed by atoms with van der Waals surface area (Å²) in [4.78, 5) is 20.6. The topological polar surface area (TPSA) is 64.6 Å². The van der Waals surface area contributed by atoms with Gasteiger partial charge in [-0.25, -0.2) is 0 Å². The van der Waals surface area contributed by atoms with Crippen molar-refractivity contribution in [3.8, 4) is 0 Å².